The Labute approximate surface area is 86.2 Å². The summed E-state index contributed by atoms with van der Waals surface area (Å²) in [5.74, 6) is -1.10. The van der Waals surface area contributed by atoms with Gasteiger partial charge in [-0.15, -0.1) is 0 Å². The average Bonchev–Trinajstić information content (AvgIpc) is 2.01. The Morgan fingerprint density at radius 3 is 2.25 bits per heavy atom. The monoisotopic (exact) mass is 298 g/mol. The molecule has 0 fully saturated rings. The van der Waals surface area contributed by atoms with Crippen molar-refractivity contribution in [3.63, 3.8) is 0 Å². The van der Waals surface area contributed by atoms with Gasteiger partial charge in [-0.05, 0) is 38.3 Å². The molecule has 0 saturated carbocycles. The SMILES string of the molecule is CCc1c(F)cc(F)c(Br)c1Br. The fourth-order valence-corrected chi connectivity index (χ4v) is 1.94. The molecular formula is C8H6Br2F2. The lowest BCUT2D eigenvalue weighted by molar-refractivity contribution is 0.567. The Kier molecular flexibility index (Phi) is 3.23. The van der Waals surface area contributed by atoms with E-state index < -0.39 is 11.6 Å². The zero-order valence-corrected chi connectivity index (χ0v) is 9.47. The third-order valence-electron chi connectivity index (χ3n) is 1.56. The van der Waals surface area contributed by atoms with Crippen LogP contribution in [0.3, 0.4) is 0 Å². The van der Waals surface area contributed by atoms with Gasteiger partial charge < -0.3 is 0 Å². The van der Waals surface area contributed by atoms with E-state index in [2.05, 4.69) is 31.9 Å². The third kappa shape index (κ3) is 1.69. The summed E-state index contributed by atoms with van der Waals surface area (Å²) in [4.78, 5) is 0. The summed E-state index contributed by atoms with van der Waals surface area (Å²) in [5, 5.41) is 0. The van der Waals surface area contributed by atoms with Gasteiger partial charge in [-0.3, -0.25) is 0 Å². The van der Waals surface area contributed by atoms with Crippen LogP contribution in [0.1, 0.15) is 12.5 Å². The van der Waals surface area contributed by atoms with Crippen molar-refractivity contribution in [3.8, 4) is 0 Å². The molecule has 0 saturated heterocycles. The molecule has 1 rings (SSSR count). The molecule has 0 aliphatic carbocycles. The van der Waals surface area contributed by atoms with Crippen LogP contribution in [0.4, 0.5) is 8.78 Å². The molecule has 4 heteroatoms. The summed E-state index contributed by atoms with van der Waals surface area (Å²) >= 11 is 6.13. The lowest BCUT2D eigenvalue weighted by atomic mass is 10.1. The van der Waals surface area contributed by atoms with Gasteiger partial charge in [0, 0.05) is 16.1 Å². The maximum atomic E-state index is 13.0. The highest BCUT2D eigenvalue weighted by Crippen LogP contribution is 2.31. The van der Waals surface area contributed by atoms with Crippen LogP contribution in [0.5, 0.6) is 0 Å². The van der Waals surface area contributed by atoms with Gasteiger partial charge in [0.2, 0.25) is 0 Å². The molecule has 1 aromatic carbocycles. The first-order valence-electron chi connectivity index (χ1n) is 3.39. The van der Waals surface area contributed by atoms with Crippen molar-refractivity contribution in [1.29, 1.82) is 0 Å². The van der Waals surface area contributed by atoms with Crippen molar-refractivity contribution < 1.29 is 8.78 Å². The number of hydrogen-bond donors (Lipinski definition) is 0. The summed E-state index contributed by atoms with van der Waals surface area (Å²) in [5.41, 5.74) is 0.489. The quantitative estimate of drug-likeness (QED) is 0.542. The molecule has 0 bridgehead atoms. The van der Waals surface area contributed by atoms with E-state index in [4.69, 9.17) is 0 Å². The predicted octanol–water partition coefficient (Wildman–Crippen LogP) is 4.05. The second-order valence-electron chi connectivity index (χ2n) is 2.30. The van der Waals surface area contributed by atoms with Gasteiger partial charge >= 0.3 is 0 Å². The van der Waals surface area contributed by atoms with Crippen molar-refractivity contribution in [2.24, 2.45) is 0 Å². The average molecular weight is 300 g/mol. The van der Waals surface area contributed by atoms with Crippen molar-refractivity contribution in [1.82, 2.24) is 0 Å². The standard InChI is InChI=1S/C8H6Br2F2/c1-2-4-5(11)3-6(12)8(10)7(4)9/h3H,2H2,1H3. The largest absolute Gasteiger partial charge is 0.207 e. The summed E-state index contributed by atoms with van der Waals surface area (Å²) in [7, 11) is 0. The van der Waals surface area contributed by atoms with Crippen LogP contribution in [0, 0.1) is 11.6 Å². The summed E-state index contributed by atoms with van der Waals surface area (Å²) < 4.78 is 26.6. The lowest BCUT2D eigenvalue weighted by Gasteiger charge is -2.05. The summed E-state index contributed by atoms with van der Waals surface area (Å²) in [6, 6.07) is 0.883. The topological polar surface area (TPSA) is 0 Å². The Balaban J connectivity index is 3.40. The smallest absolute Gasteiger partial charge is 0.141 e. The minimum Gasteiger partial charge on any atom is -0.207 e. The van der Waals surface area contributed by atoms with E-state index in [1.165, 1.54) is 0 Å². The van der Waals surface area contributed by atoms with Gasteiger partial charge in [0.25, 0.3) is 0 Å². The van der Waals surface area contributed by atoms with Gasteiger partial charge in [-0.25, -0.2) is 8.78 Å². The van der Waals surface area contributed by atoms with E-state index in [0.717, 1.165) is 6.07 Å². The van der Waals surface area contributed by atoms with Crippen molar-refractivity contribution in [2.75, 3.05) is 0 Å². The molecule has 1 aromatic rings. The third-order valence-corrected chi connectivity index (χ3v) is 3.75. The zero-order chi connectivity index (χ0) is 9.30. The van der Waals surface area contributed by atoms with Crippen LogP contribution in [0.2, 0.25) is 0 Å². The molecule has 0 unspecified atom stereocenters. The van der Waals surface area contributed by atoms with E-state index in [-0.39, 0.29) is 4.47 Å². The summed E-state index contributed by atoms with van der Waals surface area (Å²) in [6.07, 6.45) is 0.533. The fourth-order valence-electron chi connectivity index (χ4n) is 0.928. The molecule has 0 heterocycles. The van der Waals surface area contributed by atoms with Crippen molar-refractivity contribution >= 4 is 31.9 Å². The molecule has 0 aromatic heterocycles. The van der Waals surface area contributed by atoms with E-state index in [1.54, 1.807) is 0 Å². The summed E-state index contributed by atoms with van der Waals surface area (Å²) in [6.45, 7) is 1.81. The molecular weight excluding hydrogens is 294 g/mol. The Morgan fingerprint density at radius 2 is 1.75 bits per heavy atom. The van der Waals surface area contributed by atoms with Crippen LogP contribution in [0.25, 0.3) is 0 Å². The van der Waals surface area contributed by atoms with Gasteiger partial charge in [0.15, 0.2) is 0 Å². The number of benzene rings is 1. The van der Waals surface area contributed by atoms with Crippen LogP contribution in [-0.2, 0) is 6.42 Å². The molecule has 0 aliphatic heterocycles. The molecule has 0 atom stereocenters. The minimum atomic E-state index is -0.587. The first-order chi connectivity index (χ1) is 5.57. The van der Waals surface area contributed by atoms with Crippen LogP contribution < -0.4 is 0 Å². The van der Waals surface area contributed by atoms with Crippen molar-refractivity contribution in [3.05, 3.63) is 32.2 Å². The van der Waals surface area contributed by atoms with Crippen LogP contribution >= 0.6 is 31.9 Å². The molecule has 66 valence electrons. The molecule has 0 aliphatic rings. The second kappa shape index (κ2) is 3.83. The van der Waals surface area contributed by atoms with Crippen LogP contribution in [0.15, 0.2) is 15.0 Å². The molecule has 0 N–H and O–H groups in total. The molecule has 12 heavy (non-hydrogen) atoms. The van der Waals surface area contributed by atoms with E-state index in [0.29, 0.717) is 16.5 Å². The number of halogens is 4. The van der Waals surface area contributed by atoms with Gasteiger partial charge in [-0.1, -0.05) is 6.92 Å². The molecule has 0 spiro atoms. The first kappa shape index (κ1) is 10.1. The molecule has 0 nitrogen and oxygen atoms in total. The van der Waals surface area contributed by atoms with Gasteiger partial charge in [-0.2, -0.15) is 0 Å². The maximum absolute atomic E-state index is 13.0. The highest BCUT2D eigenvalue weighted by Gasteiger charge is 2.12. The van der Waals surface area contributed by atoms with Gasteiger partial charge in [0.1, 0.15) is 11.6 Å². The Bertz CT molecular complexity index is 310. The van der Waals surface area contributed by atoms with E-state index in [9.17, 15) is 8.78 Å². The Morgan fingerprint density at radius 1 is 1.17 bits per heavy atom. The minimum absolute atomic E-state index is 0.278. The first-order valence-corrected chi connectivity index (χ1v) is 4.98. The Hall–Kier alpha value is 0.0400. The maximum Gasteiger partial charge on any atom is 0.141 e. The molecule has 0 radical (unpaired) electrons. The molecule has 0 amide bonds. The van der Waals surface area contributed by atoms with E-state index >= 15 is 0 Å². The lowest BCUT2D eigenvalue weighted by Crippen LogP contribution is -1.93. The number of hydrogen-bond acceptors (Lipinski definition) is 0. The zero-order valence-electron chi connectivity index (χ0n) is 6.30. The van der Waals surface area contributed by atoms with Crippen molar-refractivity contribution in [2.45, 2.75) is 13.3 Å². The van der Waals surface area contributed by atoms with Gasteiger partial charge in [0.05, 0.1) is 4.47 Å². The highest BCUT2D eigenvalue weighted by molar-refractivity contribution is 9.13. The van der Waals surface area contributed by atoms with E-state index in [1.807, 2.05) is 6.92 Å². The number of rotatable bonds is 1. The second-order valence-corrected chi connectivity index (χ2v) is 3.89. The fraction of sp³-hybridized carbons (Fsp3) is 0.250. The normalized spacial score (nSPS) is 10.4. The van der Waals surface area contributed by atoms with Crippen LogP contribution in [-0.4, -0.2) is 0 Å². The highest BCUT2D eigenvalue weighted by atomic mass is 79.9. The predicted molar refractivity (Wildman–Crippen MR) is 51.1 cm³/mol.